The van der Waals surface area contributed by atoms with Gasteiger partial charge in [-0.3, -0.25) is 0 Å². The number of ether oxygens (including phenoxy) is 1. The van der Waals surface area contributed by atoms with Crippen LogP contribution in [-0.2, 0) is 11.2 Å². The van der Waals surface area contributed by atoms with Crippen molar-refractivity contribution >= 4 is 11.4 Å². The molecule has 0 radical (unpaired) electrons. The smallest absolute Gasteiger partial charge is 0.100 e. The summed E-state index contributed by atoms with van der Waals surface area (Å²) >= 11 is 0. The number of benzene rings is 2. The van der Waals surface area contributed by atoms with Crippen LogP contribution in [0.25, 0.3) is 0 Å². The quantitative estimate of drug-likeness (QED) is 0.914. The summed E-state index contributed by atoms with van der Waals surface area (Å²) in [5.41, 5.74) is 5.32. The van der Waals surface area contributed by atoms with Crippen molar-refractivity contribution in [3.8, 4) is 0 Å². The van der Waals surface area contributed by atoms with Crippen molar-refractivity contribution in [2.45, 2.75) is 12.5 Å². The summed E-state index contributed by atoms with van der Waals surface area (Å²) in [5.74, 6) is 0. The second kappa shape index (κ2) is 5.41. The number of para-hydroxylation sites is 2. The molecule has 2 aromatic rings. The molecular weight excluding hydrogens is 260 g/mol. The van der Waals surface area contributed by atoms with Crippen molar-refractivity contribution < 1.29 is 4.74 Å². The Bertz CT molecular complexity index is 585. The van der Waals surface area contributed by atoms with Gasteiger partial charge in [-0.15, -0.1) is 0 Å². The standard InChI is InChI=1S/C18H20N2O/c1-2-6-15-14(5-1)9-12-21-18(15)13-20-11-10-19-16-7-3-4-8-17(16)20/h1-8,18-19H,9-13H2. The van der Waals surface area contributed by atoms with Gasteiger partial charge in [-0.05, 0) is 29.7 Å². The summed E-state index contributed by atoms with van der Waals surface area (Å²) in [7, 11) is 0. The first-order chi connectivity index (χ1) is 10.4. The number of hydrogen-bond donors (Lipinski definition) is 1. The normalized spacial score (nSPS) is 20.4. The molecule has 21 heavy (non-hydrogen) atoms. The maximum absolute atomic E-state index is 6.06. The number of hydrogen-bond acceptors (Lipinski definition) is 3. The second-order valence-corrected chi connectivity index (χ2v) is 5.70. The number of nitrogens with one attached hydrogen (secondary N) is 1. The molecule has 0 saturated carbocycles. The molecule has 0 fully saturated rings. The highest BCUT2D eigenvalue weighted by molar-refractivity contribution is 5.72. The van der Waals surface area contributed by atoms with Crippen LogP contribution in [0, 0.1) is 0 Å². The summed E-state index contributed by atoms with van der Waals surface area (Å²) in [4.78, 5) is 2.44. The van der Waals surface area contributed by atoms with Gasteiger partial charge < -0.3 is 15.0 Å². The third-order valence-electron chi connectivity index (χ3n) is 4.42. The van der Waals surface area contributed by atoms with E-state index in [2.05, 4.69) is 58.7 Å². The fourth-order valence-corrected chi connectivity index (χ4v) is 3.36. The molecular formula is C18H20N2O. The predicted molar refractivity (Wildman–Crippen MR) is 86.0 cm³/mol. The summed E-state index contributed by atoms with van der Waals surface area (Å²) in [6.45, 7) is 3.77. The molecule has 3 nitrogen and oxygen atoms in total. The maximum Gasteiger partial charge on any atom is 0.100 e. The van der Waals surface area contributed by atoms with Crippen LogP contribution in [0.4, 0.5) is 11.4 Å². The van der Waals surface area contributed by atoms with Gasteiger partial charge in [0.2, 0.25) is 0 Å². The summed E-state index contributed by atoms with van der Waals surface area (Å²) < 4.78 is 6.06. The van der Waals surface area contributed by atoms with E-state index >= 15 is 0 Å². The lowest BCUT2D eigenvalue weighted by molar-refractivity contribution is 0.0471. The van der Waals surface area contributed by atoms with Crippen molar-refractivity contribution in [3.05, 3.63) is 59.7 Å². The molecule has 4 rings (SSSR count). The van der Waals surface area contributed by atoms with E-state index in [0.717, 1.165) is 32.7 Å². The Morgan fingerprint density at radius 3 is 2.95 bits per heavy atom. The Balaban J connectivity index is 1.61. The highest BCUT2D eigenvalue weighted by Gasteiger charge is 2.25. The van der Waals surface area contributed by atoms with Crippen molar-refractivity contribution in [3.63, 3.8) is 0 Å². The average molecular weight is 280 g/mol. The van der Waals surface area contributed by atoms with Crippen LogP contribution in [0.2, 0.25) is 0 Å². The van der Waals surface area contributed by atoms with Crippen LogP contribution >= 0.6 is 0 Å². The molecule has 2 aliphatic rings. The first kappa shape index (κ1) is 12.7. The zero-order valence-electron chi connectivity index (χ0n) is 12.1. The Morgan fingerprint density at radius 2 is 1.95 bits per heavy atom. The monoisotopic (exact) mass is 280 g/mol. The Morgan fingerprint density at radius 1 is 1.10 bits per heavy atom. The van der Waals surface area contributed by atoms with Crippen LogP contribution in [0.1, 0.15) is 17.2 Å². The van der Waals surface area contributed by atoms with Gasteiger partial charge in [0, 0.05) is 19.6 Å². The minimum atomic E-state index is 0.182. The van der Waals surface area contributed by atoms with E-state index in [9.17, 15) is 0 Å². The Hall–Kier alpha value is -2.00. The predicted octanol–water partition coefficient (Wildman–Crippen LogP) is 3.23. The molecule has 3 heteroatoms. The highest BCUT2D eigenvalue weighted by Crippen LogP contribution is 2.33. The number of fused-ring (bicyclic) bond motifs is 2. The molecule has 0 amide bonds. The van der Waals surface area contributed by atoms with Crippen LogP contribution in [-0.4, -0.2) is 26.2 Å². The zero-order chi connectivity index (χ0) is 14.1. The van der Waals surface area contributed by atoms with Gasteiger partial charge in [-0.1, -0.05) is 36.4 Å². The van der Waals surface area contributed by atoms with E-state index in [1.165, 1.54) is 22.5 Å². The molecule has 2 aliphatic heterocycles. The molecule has 2 heterocycles. The van der Waals surface area contributed by atoms with Gasteiger partial charge in [0.25, 0.3) is 0 Å². The first-order valence-corrected chi connectivity index (χ1v) is 7.69. The summed E-state index contributed by atoms with van der Waals surface area (Å²) in [6, 6.07) is 17.2. The van der Waals surface area contributed by atoms with Crippen molar-refractivity contribution in [2.75, 3.05) is 36.5 Å². The molecule has 1 unspecified atom stereocenters. The largest absolute Gasteiger partial charge is 0.382 e. The fourth-order valence-electron chi connectivity index (χ4n) is 3.36. The van der Waals surface area contributed by atoms with E-state index in [4.69, 9.17) is 4.74 Å². The van der Waals surface area contributed by atoms with Crippen molar-refractivity contribution in [2.24, 2.45) is 0 Å². The topological polar surface area (TPSA) is 24.5 Å². The molecule has 108 valence electrons. The summed E-state index contributed by atoms with van der Waals surface area (Å²) in [5, 5.41) is 3.47. The third kappa shape index (κ3) is 2.38. The number of nitrogens with zero attached hydrogens (tertiary/aromatic N) is 1. The number of rotatable bonds is 2. The Labute approximate surface area is 125 Å². The van der Waals surface area contributed by atoms with Gasteiger partial charge in [-0.2, -0.15) is 0 Å². The van der Waals surface area contributed by atoms with Gasteiger partial charge in [-0.25, -0.2) is 0 Å². The third-order valence-corrected chi connectivity index (χ3v) is 4.42. The molecule has 0 spiro atoms. The molecule has 0 aliphatic carbocycles. The molecule has 2 aromatic carbocycles. The minimum Gasteiger partial charge on any atom is -0.382 e. The van der Waals surface area contributed by atoms with Crippen molar-refractivity contribution in [1.29, 1.82) is 0 Å². The van der Waals surface area contributed by atoms with E-state index in [-0.39, 0.29) is 6.10 Å². The van der Waals surface area contributed by atoms with Crippen LogP contribution in [0.15, 0.2) is 48.5 Å². The zero-order valence-corrected chi connectivity index (χ0v) is 12.1. The van der Waals surface area contributed by atoms with Crippen LogP contribution in [0.5, 0.6) is 0 Å². The van der Waals surface area contributed by atoms with E-state index in [1.54, 1.807) is 0 Å². The lowest BCUT2D eigenvalue weighted by Gasteiger charge is -2.36. The highest BCUT2D eigenvalue weighted by atomic mass is 16.5. The SMILES string of the molecule is c1ccc2c(c1)CCOC2CN1CCNc2ccccc21. The van der Waals surface area contributed by atoms with E-state index in [1.807, 2.05) is 0 Å². The van der Waals surface area contributed by atoms with Crippen LogP contribution < -0.4 is 10.2 Å². The van der Waals surface area contributed by atoms with Crippen molar-refractivity contribution in [1.82, 2.24) is 0 Å². The average Bonchev–Trinajstić information content (AvgIpc) is 2.56. The lowest BCUT2D eigenvalue weighted by Crippen LogP contribution is -2.38. The minimum absolute atomic E-state index is 0.182. The second-order valence-electron chi connectivity index (χ2n) is 5.70. The molecule has 1 atom stereocenters. The molecule has 0 saturated heterocycles. The fraction of sp³-hybridized carbons (Fsp3) is 0.333. The number of anilines is 2. The van der Waals surface area contributed by atoms with Crippen LogP contribution in [0.3, 0.4) is 0 Å². The van der Waals surface area contributed by atoms with E-state index < -0.39 is 0 Å². The van der Waals surface area contributed by atoms with E-state index in [0.29, 0.717) is 0 Å². The molecule has 0 aromatic heterocycles. The van der Waals surface area contributed by atoms with Gasteiger partial charge >= 0.3 is 0 Å². The lowest BCUT2D eigenvalue weighted by atomic mass is 9.97. The van der Waals surface area contributed by atoms with Gasteiger partial charge in [0.15, 0.2) is 0 Å². The van der Waals surface area contributed by atoms with Gasteiger partial charge in [0.1, 0.15) is 6.10 Å². The Kier molecular flexibility index (Phi) is 3.28. The van der Waals surface area contributed by atoms with Gasteiger partial charge in [0.05, 0.1) is 18.0 Å². The first-order valence-electron chi connectivity index (χ1n) is 7.69. The molecule has 1 N–H and O–H groups in total. The molecule has 0 bridgehead atoms. The maximum atomic E-state index is 6.06. The summed E-state index contributed by atoms with van der Waals surface area (Å²) in [6.07, 6.45) is 1.21.